The van der Waals surface area contributed by atoms with Gasteiger partial charge in [-0.15, -0.1) is 0 Å². The first-order chi connectivity index (χ1) is 8.31. The van der Waals surface area contributed by atoms with E-state index < -0.39 is 0 Å². The van der Waals surface area contributed by atoms with E-state index in [4.69, 9.17) is 4.74 Å². The van der Waals surface area contributed by atoms with E-state index in [-0.39, 0.29) is 18.0 Å². The molecule has 0 unspecified atom stereocenters. The number of hydrogen-bond donors (Lipinski definition) is 0. The first-order valence-corrected chi connectivity index (χ1v) is 6.55. The Morgan fingerprint density at radius 1 is 1.18 bits per heavy atom. The van der Waals surface area contributed by atoms with Crippen LogP contribution in [0.4, 0.5) is 0 Å². The smallest absolute Gasteiger partial charge is 0.313 e. The van der Waals surface area contributed by atoms with Gasteiger partial charge in [0.15, 0.2) is 0 Å². The first kappa shape index (κ1) is 12.2. The van der Waals surface area contributed by atoms with Crippen LogP contribution >= 0.6 is 0 Å². The van der Waals surface area contributed by atoms with Gasteiger partial charge >= 0.3 is 5.97 Å². The summed E-state index contributed by atoms with van der Waals surface area (Å²) in [6, 6.07) is 10.4. The minimum absolute atomic E-state index is 0.0107. The standard InChI is InChI=1S/C15H20O2/c1-2-7-14-13(15(16)17-14)11-6-10-12-8-4-3-5-9-12/h3-5,8-9,13-14H,2,6-7,10-11H2,1H3/t13-,14-/m1/s1. The number of hydrogen-bond acceptors (Lipinski definition) is 2. The molecule has 1 aromatic rings. The van der Waals surface area contributed by atoms with E-state index in [1.54, 1.807) is 0 Å². The topological polar surface area (TPSA) is 26.3 Å². The molecule has 2 heteroatoms. The van der Waals surface area contributed by atoms with Crippen LogP contribution in [-0.4, -0.2) is 12.1 Å². The van der Waals surface area contributed by atoms with Crippen LogP contribution in [0.5, 0.6) is 0 Å². The van der Waals surface area contributed by atoms with Crippen molar-refractivity contribution in [3.63, 3.8) is 0 Å². The summed E-state index contributed by atoms with van der Waals surface area (Å²) in [7, 11) is 0. The van der Waals surface area contributed by atoms with Crippen LogP contribution < -0.4 is 0 Å². The summed E-state index contributed by atoms with van der Waals surface area (Å²) in [6.45, 7) is 2.13. The fourth-order valence-electron chi connectivity index (χ4n) is 2.42. The molecule has 0 aromatic heterocycles. The van der Waals surface area contributed by atoms with Crippen molar-refractivity contribution in [3.05, 3.63) is 35.9 Å². The number of rotatable bonds is 6. The van der Waals surface area contributed by atoms with Gasteiger partial charge < -0.3 is 4.74 Å². The molecule has 92 valence electrons. The zero-order chi connectivity index (χ0) is 12.1. The largest absolute Gasteiger partial charge is 0.461 e. The monoisotopic (exact) mass is 232 g/mol. The van der Waals surface area contributed by atoms with Gasteiger partial charge in [0.05, 0.1) is 5.92 Å². The molecule has 17 heavy (non-hydrogen) atoms. The second-order valence-electron chi connectivity index (χ2n) is 4.75. The van der Waals surface area contributed by atoms with Crippen LogP contribution in [0.2, 0.25) is 0 Å². The summed E-state index contributed by atoms with van der Waals surface area (Å²) in [6.07, 6.45) is 5.41. The summed E-state index contributed by atoms with van der Waals surface area (Å²) in [5, 5.41) is 0. The van der Waals surface area contributed by atoms with Gasteiger partial charge in [-0.2, -0.15) is 0 Å². The van der Waals surface area contributed by atoms with E-state index in [2.05, 4.69) is 31.2 Å². The summed E-state index contributed by atoms with van der Waals surface area (Å²) in [5.41, 5.74) is 1.35. The highest BCUT2D eigenvalue weighted by Gasteiger charge is 2.40. The maximum atomic E-state index is 11.3. The molecule has 2 nitrogen and oxygen atoms in total. The van der Waals surface area contributed by atoms with E-state index in [1.165, 1.54) is 5.56 Å². The normalized spacial score (nSPS) is 23.0. The first-order valence-electron chi connectivity index (χ1n) is 6.55. The molecule has 2 rings (SSSR count). The average Bonchev–Trinajstić information content (AvgIpc) is 2.35. The van der Waals surface area contributed by atoms with Crippen molar-refractivity contribution in [2.45, 2.75) is 45.1 Å². The predicted octanol–water partition coefficient (Wildman–Crippen LogP) is 3.35. The quantitative estimate of drug-likeness (QED) is 0.703. The summed E-state index contributed by atoms with van der Waals surface area (Å²) >= 11 is 0. The lowest BCUT2D eigenvalue weighted by atomic mass is 9.88. The molecule has 1 heterocycles. The number of cyclic esters (lactones) is 1. The molecule has 0 N–H and O–H groups in total. The maximum Gasteiger partial charge on any atom is 0.313 e. The van der Waals surface area contributed by atoms with Crippen molar-refractivity contribution in [2.24, 2.45) is 5.92 Å². The zero-order valence-corrected chi connectivity index (χ0v) is 10.4. The van der Waals surface area contributed by atoms with Crippen LogP contribution in [-0.2, 0) is 16.0 Å². The SMILES string of the molecule is CCC[C@H]1OC(=O)[C@@H]1CCCc1ccccc1. The van der Waals surface area contributed by atoms with Crippen LogP contribution in [0, 0.1) is 5.92 Å². The molecule has 1 aromatic carbocycles. The number of benzene rings is 1. The Kier molecular flexibility index (Phi) is 4.18. The van der Waals surface area contributed by atoms with Gasteiger partial charge in [-0.05, 0) is 31.2 Å². The number of ether oxygens (including phenoxy) is 1. The van der Waals surface area contributed by atoms with Crippen LogP contribution in [0.3, 0.4) is 0 Å². The lowest BCUT2D eigenvalue weighted by Gasteiger charge is -2.35. The Hall–Kier alpha value is -1.31. The highest BCUT2D eigenvalue weighted by atomic mass is 16.6. The molecular formula is C15H20O2. The Morgan fingerprint density at radius 2 is 1.94 bits per heavy atom. The average molecular weight is 232 g/mol. The van der Waals surface area contributed by atoms with Crippen molar-refractivity contribution < 1.29 is 9.53 Å². The number of carbonyl (C=O) groups excluding carboxylic acids is 1. The van der Waals surface area contributed by atoms with Gasteiger partial charge in [0.1, 0.15) is 6.10 Å². The van der Waals surface area contributed by atoms with E-state index in [9.17, 15) is 4.79 Å². The minimum Gasteiger partial charge on any atom is -0.461 e. The van der Waals surface area contributed by atoms with Crippen molar-refractivity contribution in [1.29, 1.82) is 0 Å². The van der Waals surface area contributed by atoms with Crippen LogP contribution in [0.25, 0.3) is 0 Å². The predicted molar refractivity (Wildman–Crippen MR) is 67.7 cm³/mol. The second-order valence-corrected chi connectivity index (χ2v) is 4.75. The molecule has 0 radical (unpaired) electrons. The highest BCUT2D eigenvalue weighted by Crippen LogP contribution is 2.30. The number of carbonyl (C=O) groups is 1. The van der Waals surface area contributed by atoms with Gasteiger partial charge in [-0.25, -0.2) is 0 Å². The fourth-order valence-corrected chi connectivity index (χ4v) is 2.42. The lowest BCUT2D eigenvalue weighted by Crippen LogP contribution is -2.44. The Bertz CT molecular complexity index is 358. The highest BCUT2D eigenvalue weighted by molar-refractivity contribution is 5.78. The van der Waals surface area contributed by atoms with Crippen molar-refractivity contribution >= 4 is 5.97 Å². The van der Waals surface area contributed by atoms with E-state index in [0.29, 0.717) is 0 Å². The van der Waals surface area contributed by atoms with Gasteiger partial charge in [0.2, 0.25) is 0 Å². The Morgan fingerprint density at radius 3 is 2.59 bits per heavy atom. The third-order valence-electron chi connectivity index (χ3n) is 3.42. The molecule has 0 aliphatic carbocycles. The molecule has 1 fully saturated rings. The second kappa shape index (κ2) is 5.85. The molecule has 0 spiro atoms. The third-order valence-corrected chi connectivity index (χ3v) is 3.42. The van der Waals surface area contributed by atoms with Gasteiger partial charge in [0.25, 0.3) is 0 Å². The maximum absolute atomic E-state index is 11.3. The Balaban J connectivity index is 1.73. The molecule has 0 saturated carbocycles. The lowest BCUT2D eigenvalue weighted by molar-refractivity contribution is -0.186. The van der Waals surface area contributed by atoms with Crippen molar-refractivity contribution in [1.82, 2.24) is 0 Å². The number of esters is 1. The molecular weight excluding hydrogens is 212 g/mol. The van der Waals surface area contributed by atoms with Gasteiger partial charge in [-0.3, -0.25) is 4.79 Å². The van der Waals surface area contributed by atoms with E-state index in [1.807, 2.05) is 6.07 Å². The molecule has 0 bridgehead atoms. The Labute approximate surface area is 103 Å². The minimum atomic E-state index is 0.0107. The zero-order valence-electron chi connectivity index (χ0n) is 10.4. The van der Waals surface area contributed by atoms with Crippen molar-refractivity contribution in [3.8, 4) is 0 Å². The molecule has 2 atom stereocenters. The fraction of sp³-hybridized carbons (Fsp3) is 0.533. The summed E-state index contributed by atoms with van der Waals surface area (Å²) in [4.78, 5) is 11.3. The van der Waals surface area contributed by atoms with Crippen LogP contribution in [0.1, 0.15) is 38.2 Å². The molecule has 1 aliphatic rings. The van der Waals surface area contributed by atoms with Crippen molar-refractivity contribution in [2.75, 3.05) is 0 Å². The molecule has 0 amide bonds. The molecule has 1 saturated heterocycles. The summed E-state index contributed by atoms with van der Waals surface area (Å²) < 4.78 is 5.16. The van der Waals surface area contributed by atoms with Gasteiger partial charge in [0, 0.05) is 0 Å². The molecule has 1 aliphatic heterocycles. The van der Waals surface area contributed by atoms with Crippen LogP contribution in [0.15, 0.2) is 30.3 Å². The van der Waals surface area contributed by atoms with E-state index >= 15 is 0 Å². The summed E-state index contributed by atoms with van der Waals surface area (Å²) in [5.74, 6) is 0.176. The third kappa shape index (κ3) is 3.09. The van der Waals surface area contributed by atoms with E-state index in [0.717, 1.165) is 32.1 Å². The van der Waals surface area contributed by atoms with Gasteiger partial charge in [-0.1, -0.05) is 43.7 Å². The number of aryl methyl sites for hydroxylation is 1.